The second-order valence-electron chi connectivity index (χ2n) is 5.37. The van der Waals surface area contributed by atoms with Crippen LogP contribution in [0.25, 0.3) is 16.7 Å². The molecule has 0 aromatic carbocycles. The van der Waals surface area contributed by atoms with Gasteiger partial charge in [0.15, 0.2) is 11.5 Å². The molecule has 1 aliphatic heterocycles. The monoisotopic (exact) mass is 311 g/mol. The third-order valence-electron chi connectivity index (χ3n) is 3.89. The molecule has 4 heterocycles. The van der Waals surface area contributed by atoms with Gasteiger partial charge >= 0.3 is 0 Å². The van der Waals surface area contributed by atoms with E-state index in [1.165, 1.54) is 0 Å². The highest BCUT2D eigenvalue weighted by Gasteiger charge is 2.14. The third kappa shape index (κ3) is 2.40. The molecule has 0 aliphatic carbocycles. The molecule has 4 rings (SSSR count). The Bertz CT molecular complexity index is 833. The van der Waals surface area contributed by atoms with Crippen LogP contribution in [0.1, 0.15) is 0 Å². The summed E-state index contributed by atoms with van der Waals surface area (Å²) in [5, 5.41) is 8.31. The van der Waals surface area contributed by atoms with Crippen LogP contribution in [-0.2, 0) is 0 Å². The average Bonchev–Trinajstić information content (AvgIpc) is 2.92. The number of piperazine rings is 1. The van der Waals surface area contributed by atoms with Crippen LogP contribution in [0, 0.1) is 0 Å². The van der Waals surface area contributed by atoms with Crippen LogP contribution < -0.4 is 21.7 Å². The zero-order chi connectivity index (χ0) is 15.8. The second-order valence-corrected chi connectivity index (χ2v) is 5.37. The summed E-state index contributed by atoms with van der Waals surface area (Å²) in [6.07, 6.45) is 3.35. The standard InChI is InChI=1S/C14H17N9/c15-12-10-8-19-14(16)20-13(10)23(21-12)9-1-2-11(18-7-9)22-5-3-17-4-6-22/h1-2,7-8,17H,3-6H2,(H2,15,21)(H2,16,19,20). The molecule has 5 N–H and O–H groups in total. The van der Waals surface area contributed by atoms with Gasteiger partial charge in [-0.15, -0.1) is 5.10 Å². The largest absolute Gasteiger partial charge is 0.382 e. The van der Waals surface area contributed by atoms with Crippen molar-refractivity contribution in [2.24, 2.45) is 0 Å². The molecule has 23 heavy (non-hydrogen) atoms. The maximum atomic E-state index is 5.92. The van der Waals surface area contributed by atoms with E-state index in [0.717, 1.165) is 37.7 Å². The SMILES string of the molecule is Nc1ncc2c(N)nn(-c3ccc(N4CCNCC4)nc3)c2n1. The van der Waals surface area contributed by atoms with Gasteiger partial charge in [-0.2, -0.15) is 4.98 Å². The number of anilines is 3. The summed E-state index contributed by atoms with van der Waals surface area (Å²) in [6, 6.07) is 3.93. The fraction of sp³-hybridized carbons (Fsp3) is 0.286. The number of hydrogen-bond acceptors (Lipinski definition) is 8. The summed E-state index contributed by atoms with van der Waals surface area (Å²) in [7, 11) is 0. The lowest BCUT2D eigenvalue weighted by molar-refractivity contribution is 0.585. The maximum Gasteiger partial charge on any atom is 0.222 e. The maximum absolute atomic E-state index is 5.92. The summed E-state index contributed by atoms with van der Waals surface area (Å²) in [6.45, 7) is 3.85. The zero-order valence-electron chi connectivity index (χ0n) is 12.5. The summed E-state index contributed by atoms with van der Waals surface area (Å²) >= 11 is 0. The first-order valence-corrected chi connectivity index (χ1v) is 7.41. The Kier molecular flexibility index (Phi) is 3.19. The fourth-order valence-corrected chi connectivity index (χ4v) is 2.70. The van der Waals surface area contributed by atoms with Crippen molar-refractivity contribution < 1.29 is 0 Å². The van der Waals surface area contributed by atoms with Gasteiger partial charge in [-0.1, -0.05) is 0 Å². The molecule has 0 atom stereocenters. The summed E-state index contributed by atoms with van der Waals surface area (Å²) in [5.41, 5.74) is 12.9. The van der Waals surface area contributed by atoms with Crippen molar-refractivity contribution in [3.05, 3.63) is 24.5 Å². The molecule has 0 amide bonds. The molecule has 0 spiro atoms. The van der Waals surface area contributed by atoms with E-state index in [1.54, 1.807) is 17.1 Å². The van der Waals surface area contributed by atoms with Gasteiger partial charge in [0.25, 0.3) is 0 Å². The predicted octanol–water partition coefficient (Wildman–Crippen LogP) is -0.216. The van der Waals surface area contributed by atoms with Gasteiger partial charge in [0.1, 0.15) is 5.82 Å². The molecular formula is C14H17N9. The van der Waals surface area contributed by atoms with E-state index in [4.69, 9.17) is 11.5 Å². The lowest BCUT2D eigenvalue weighted by Crippen LogP contribution is -2.43. The summed E-state index contributed by atoms with van der Waals surface area (Å²) in [5.74, 6) is 1.50. The molecule has 9 nitrogen and oxygen atoms in total. The molecular weight excluding hydrogens is 294 g/mol. The number of nitrogens with two attached hydrogens (primary N) is 2. The molecule has 118 valence electrons. The van der Waals surface area contributed by atoms with E-state index in [-0.39, 0.29) is 5.95 Å². The minimum atomic E-state index is 0.184. The highest BCUT2D eigenvalue weighted by atomic mass is 15.3. The van der Waals surface area contributed by atoms with Gasteiger partial charge in [-0.05, 0) is 12.1 Å². The van der Waals surface area contributed by atoms with E-state index in [2.05, 4.69) is 30.3 Å². The van der Waals surface area contributed by atoms with Gasteiger partial charge < -0.3 is 21.7 Å². The molecule has 0 radical (unpaired) electrons. The van der Waals surface area contributed by atoms with Crippen molar-refractivity contribution >= 4 is 28.6 Å². The molecule has 9 heteroatoms. The van der Waals surface area contributed by atoms with Gasteiger partial charge in [0.05, 0.1) is 17.3 Å². The van der Waals surface area contributed by atoms with E-state index in [9.17, 15) is 0 Å². The number of hydrogen-bond donors (Lipinski definition) is 3. The van der Waals surface area contributed by atoms with Crippen molar-refractivity contribution in [3.8, 4) is 5.69 Å². The molecule has 1 saturated heterocycles. The Morgan fingerprint density at radius 2 is 1.87 bits per heavy atom. The first-order valence-electron chi connectivity index (χ1n) is 7.41. The second kappa shape index (κ2) is 5.36. The number of nitrogens with one attached hydrogen (secondary N) is 1. The molecule has 0 bridgehead atoms. The molecule has 1 fully saturated rings. The van der Waals surface area contributed by atoms with Crippen molar-refractivity contribution in [1.29, 1.82) is 0 Å². The Balaban J connectivity index is 1.72. The number of nitrogen functional groups attached to an aromatic ring is 2. The Morgan fingerprint density at radius 1 is 1.04 bits per heavy atom. The average molecular weight is 311 g/mol. The minimum Gasteiger partial charge on any atom is -0.382 e. The van der Waals surface area contributed by atoms with Crippen LogP contribution in [0.2, 0.25) is 0 Å². The van der Waals surface area contributed by atoms with Crippen LogP contribution >= 0.6 is 0 Å². The van der Waals surface area contributed by atoms with Gasteiger partial charge in [0, 0.05) is 32.4 Å². The lowest BCUT2D eigenvalue weighted by Gasteiger charge is -2.28. The van der Waals surface area contributed by atoms with E-state index >= 15 is 0 Å². The van der Waals surface area contributed by atoms with Crippen molar-refractivity contribution in [1.82, 2.24) is 30.0 Å². The number of pyridine rings is 1. The number of fused-ring (bicyclic) bond motifs is 1. The first kappa shape index (κ1) is 13.7. The summed E-state index contributed by atoms with van der Waals surface area (Å²) < 4.78 is 1.64. The van der Waals surface area contributed by atoms with Crippen LogP contribution in [0.3, 0.4) is 0 Å². The first-order chi connectivity index (χ1) is 11.2. The molecule has 0 saturated carbocycles. The van der Waals surface area contributed by atoms with Crippen LogP contribution in [0.5, 0.6) is 0 Å². The van der Waals surface area contributed by atoms with Gasteiger partial charge in [-0.25, -0.2) is 14.6 Å². The van der Waals surface area contributed by atoms with Crippen molar-refractivity contribution in [2.45, 2.75) is 0 Å². The number of nitrogens with zero attached hydrogens (tertiary/aromatic N) is 6. The smallest absolute Gasteiger partial charge is 0.222 e. The van der Waals surface area contributed by atoms with E-state index < -0.39 is 0 Å². The topological polar surface area (TPSA) is 124 Å². The quantitative estimate of drug-likeness (QED) is 0.593. The van der Waals surface area contributed by atoms with Gasteiger partial charge in [0.2, 0.25) is 5.95 Å². The highest BCUT2D eigenvalue weighted by Crippen LogP contribution is 2.22. The molecule has 3 aromatic rings. The van der Waals surface area contributed by atoms with E-state index in [0.29, 0.717) is 16.9 Å². The predicted molar refractivity (Wildman–Crippen MR) is 88.4 cm³/mol. The molecule has 1 aliphatic rings. The zero-order valence-corrected chi connectivity index (χ0v) is 12.5. The molecule has 3 aromatic heterocycles. The third-order valence-corrected chi connectivity index (χ3v) is 3.89. The van der Waals surface area contributed by atoms with Gasteiger partial charge in [-0.3, -0.25) is 0 Å². The summed E-state index contributed by atoms with van der Waals surface area (Å²) in [4.78, 5) is 15.0. The van der Waals surface area contributed by atoms with Crippen molar-refractivity contribution in [2.75, 3.05) is 42.5 Å². The number of rotatable bonds is 2. The fourth-order valence-electron chi connectivity index (χ4n) is 2.70. The Hall–Kier alpha value is -2.94. The minimum absolute atomic E-state index is 0.184. The lowest BCUT2D eigenvalue weighted by atomic mass is 10.3. The van der Waals surface area contributed by atoms with Crippen LogP contribution in [0.15, 0.2) is 24.5 Å². The van der Waals surface area contributed by atoms with E-state index in [1.807, 2.05) is 12.1 Å². The highest BCUT2D eigenvalue weighted by molar-refractivity contribution is 5.87. The Labute approximate surface area is 132 Å². The van der Waals surface area contributed by atoms with Crippen molar-refractivity contribution in [3.63, 3.8) is 0 Å². The van der Waals surface area contributed by atoms with Crippen LogP contribution in [0.4, 0.5) is 17.6 Å². The Morgan fingerprint density at radius 3 is 2.61 bits per heavy atom. The normalized spacial score (nSPS) is 15.2. The van der Waals surface area contributed by atoms with Crippen LogP contribution in [-0.4, -0.2) is 50.9 Å². The number of aromatic nitrogens is 5. The molecule has 0 unspecified atom stereocenters.